The van der Waals surface area contributed by atoms with E-state index in [4.69, 9.17) is 0 Å². The van der Waals surface area contributed by atoms with Crippen molar-refractivity contribution in [1.82, 2.24) is 4.98 Å². The quantitative estimate of drug-likeness (QED) is 0.584. The van der Waals surface area contributed by atoms with E-state index in [0.717, 1.165) is 16.6 Å². The number of aromatic nitrogens is 2. The smallest absolute Gasteiger partial charge is 0.372 e. The molecule has 1 N–H and O–H groups in total. The van der Waals surface area contributed by atoms with Crippen molar-refractivity contribution in [2.24, 2.45) is 0 Å². The number of nitrogens with one attached hydrogen (secondary N) is 1. The summed E-state index contributed by atoms with van der Waals surface area (Å²) in [5.74, 6) is -0.255. The predicted molar refractivity (Wildman–Crippen MR) is 75.9 cm³/mol. The number of methoxy groups -OCH3 is 1. The summed E-state index contributed by atoms with van der Waals surface area (Å²) in [4.78, 5) is 14.5. The normalized spacial score (nSPS) is 10.7. The van der Waals surface area contributed by atoms with E-state index in [0.29, 0.717) is 0 Å². The first-order valence-corrected chi connectivity index (χ1v) is 6.40. The molecular weight excluding hydrogens is 252 g/mol. The first-order chi connectivity index (χ1) is 9.78. The molecule has 20 heavy (non-hydrogen) atoms. The summed E-state index contributed by atoms with van der Waals surface area (Å²) >= 11 is 0. The molecule has 0 unspecified atom stereocenters. The molecule has 3 rings (SSSR count). The maximum atomic E-state index is 11.2. The van der Waals surface area contributed by atoms with E-state index in [1.807, 2.05) is 42.9 Å². The molecule has 0 saturated carbocycles. The zero-order valence-electron chi connectivity index (χ0n) is 11.2. The van der Waals surface area contributed by atoms with Gasteiger partial charge in [0.2, 0.25) is 6.54 Å². The van der Waals surface area contributed by atoms with Gasteiger partial charge in [-0.1, -0.05) is 18.2 Å². The summed E-state index contributed by atoms with van der Waals surface area (Å²) in [6.07, 6.45) is 5.77. The van der Waals surface area contributed by atoms with Crippen molar-refractivity contribution in [2.75, 3.05) is 7.11 Å². The number of nitrogens with zero attached hydrogens (tertiary/aromatic N) is 1. The molecule has 0 spiro atoms. The molecule has 100 valence electrons. The summed E-state index contributed by atoms with van der Waals surface area (Å²) in [6, 6.07) is 12.2. The maximum absolute atomic E-state index is 11.2. The van der Waals surface area contributed by atoms with Crippen LogP contribution in [0.1, 0.15) is 0 Å². The van der Waals surface area contributed by atoms with E-state index in [2.05, 4.69) is 21.9 Å². The number of hydrogen-bond donors (Lipinski definition) is 1. The monoisotopic (exact) mass is 267 g/mol. The second kappa shape index (κ2) is 5.17. The van der Waals surface area contributed by atoms with Crippen LogP contribution in [0.25, 0.3) is 22.0 Å². The lowest BCUT2D eigenvalue weighted by Crippen LogP contribution is -2.37. The molecule has 0 fully saturated rings. The van der Waals surface area contributed by atoms with Gasteiger partial charge in [0.1, 0.15) is 0 Å². The highest BCUT2D eigenvalue weighted by molar-refractivity contribution is 5.95. The van der Waals surface area contributed by atoms with Crippen LogP contribution in [0.5, 0.6) is 0 Å². The standard InChI is InChI=1S/C16H14N2O2/c1-20-16(19)11-18-8-6-12(7-9-18)14-10-17-15-5-3-2-4-13(14)15/h2-10H,11H2,1H3/p+1. The fourth-order valence-electron chi connectivity index (χ4n) is 2.27. The van der Waals surface area contributed by atoms with Gasteiger partial charge in [-0.05, 0) is 11.6 Å². The van der Waals surface area contributed by atoms with E-state index in [9.17, 15) is 4.79 Å². The minimum atomic E-state index is -0.255. The molecule has 0 aliphatic rings. The molecule has 2 aromatic heterocycles. The van der Waals surface area contributed by atoms with Crippen molar-refractivity contribution < 1.29 is 14.1 Å². The number of carbonyl (C=O) groups is 1. The second-order valence-electron chi connectivity index (χ2n) is 4.58. The van der Waals surface area contributed by atoms with Crippen LogP contribution in [-0.4, -0.2) is 18.1 Å². The van der Waals surface area contributed by atoms with Crippen LogP contribution in [0.3, 0.4) is 0 Å². The Morgan fingerprint density at radius 3 is 2.70 bits per heavy atom. The summed E-state index contributed by atoms with van der Waals surface area (Å²) in [6.45, 7) is 0.227. The van der Waals surface area contributed by atoms with Crippen LogP contribution >= 0.6 is 0 Å². The maximum Gasteiger partial charge on any atom is 0.372 e. The Kier molecular flexibility index (Phi) is 3.21. The third-order valence-corrected chi connectivity index (χ3v) is 3.33. The molecule has 4 nitrogen and oxygen atoms in total. The number of fused-ring (bicyclic) bond motifs is 1. The van der Waals surface area contributed by atoms with Gasteiger partial charge in [-0.3, -0.25) is 0 Å². The minimum absolute atomic E-state index is 0.227. The Morgan fingerprint density at radius 2 is 1.95 bits per heavy atom. The molecule has 0 saturated heterocycles. The van der Waals surface area contributed by atoms with Gasteiger partial charge in [0.25, 0.3) is 0 Å². The van der Waals surface area contributed by atoms with Gasteiger partial charge < -0.3 is 9.72 Å². The summed E-state index contributed by atoms with van der Waals surface area (Å²) in [5, 5.41) is 1.19. The van der Waals surface area contributed by atoms with Crippen molar-refractivity contribution in [3.8, 4) is 11.1 Å². The van der Waals surface area contributed by atoms with Crippen LogP contribution in [0, 0.1) is 0 Å². The molecule has 2 heterocycles. The van der Waals surface area contributed by atoms with E-state index in [1.54, 1.807) is 4.57 Å². The lowest BCUT2D eigenvalue weighted by Gasteiger charge is -1.99. The van der Waals surface area contributed by atoms with Gasteiger partial charge in [0, 0.05) is 34.8 Å². The van der Waals surface area contributed by atoms with E-state index >= 15 is 0 Å². The molecule has 1 aromatic carbocycles. The molecule has 0 atom stereocenters. The molecule has 3 aromatic rings. The SMILES string of the molecule is COC(=O)C[n+]1ccc(-c2c[nH]c3ccccc23)cc1. The molecule has 0 bridgehead atoms. The number of rotatable bonds is 3. The highest BCUT2D eigenvalue weighted by Crippen LogP contribution is 2.27. The molecular formula is C16H15N2O2+. The first kappa shape index (κ1) is 12.4. The number of esters is 1. The topological polar surface area (TPSA) is 46.0 Å². The lowest BCUT2D eigenvalue weighted by molar-refractivity contribution is -0.685. The van der Waals surface area contributed by atoms with Gasteiger partial charge in [0.15, 0.2) is 12.4 Å². The zero-order chi connectivity index (χ0) is 13.9. The van der Waals surface area contributed by atoms with Gasteiger partial charge in [-0.15, -0.1) is 0 Å². The average Bonchev–Trinajstić information content (AvgIpc) is 2.92. The minimum Gasteiger partial charge on any atom is -0.464 e. The number of hydrogen-bond acceptors (Lipinski definition) is 2. The second-order valence-corrected chi connectivity index (χ2v) is 4.58. The summed E-state index contributed by atoms with van der Waals surface area (Å²) in [7, 11) is 1.39. The first-order valence-electron chi connectivity index (χ1n) is 6.40. The zero-order valence-corrected chi connectivity index (χ0v) is 11.2. The number of benzene rings is 1. The third-order valence-electron chi connectivity index (χ3n) is 3.33. The highest BCUT2D eigenvalue weighted by Gasteiger charge is 2.10. The van der Waals surface area contributed by atoms with Crippen molar-refractivity contribution >= 4 is 16.9 Å². The molecule has 0 aliphatic heterocycles. The fourth-order valence-corrected chi connectivity index (χ4v) is 2.27. The number of aromatic amines is 1. The van der Waals surface area contributed by atoms with Gasteiger partial charge >= 0.3 is 5.97 Å². The third kappa shape index (κ3) is 2.28. The van der Waals surface area contributed by atoms with Crippen LogP contribution < -0.4 is 4.57 Å². The van der Waals surface area contributed by atoms with Crippen LogP contribution in [0.15, 0.2) is 55.0 Å². The molecule has 0 amide bonds. The average molecular weight is 267 g/mol. The Bertz CT molecular complexity index is 745. The molecule has 0 radical (unpaired) electrons. The van der Waals surface area contributed by atoms with Gasteiger partial charge in [0.05, 0.1) is 7.11 Å². The summed E-state index contributed by atoms with van der Waals surface area (Å²) in [5.41, 5.74) is 3.39. The number of pyridine rings is 1. The Balaban J connectivity index is 1.93. The van der Waals surface area contributed by atoms with Crippen molar-refractivity contribution in [3.05, 3.63) is 55.0 Å². The number of carbonyl (C=O) groups excluding carboxylic acids is 1. The molecule has 4 heteroatoms. The van der Waals surface area contributed by atoms with Crippen molar-refractivity contribution in [1.29, 1.82) is 0 Å². The van der Waals surface area contributed by atoms with Crippen LogP contribution in [0.4, 0.5) is 0 Å². The Morgan fingerprint density at radius 1 is 1.20 bits per heavy atom. The predicted octanol–water partition coefficient (Wildman–Crippen LogP) is 2.30. The van der Waals surface area contributed by atoms with E-state index in [1.165, 1.54) is 12.5 Å². The Labute approximate surface area is 116 Å². The van der Waals surface area contributed by atoms with Crippen molar-refractivity contribution in [3.63, 3.8) is 0 Å². The van der Waals surface area contributed by atoms with Gasteiger partial charge in [-0.25, -0.2) is 4.79 Å². The van der Waals surface area contributed by atoms with Crippen LogP contribution in [-0.2, 0) is 16.1 Å². The lowest BCUT2D eigenvalue weighted by atomic mass is 10.1. The largest absolute Gasteiger partial charge is 0.464 e. The molecule has 0 aliphatic carbocycles. The highest BCUT2D eigenvalue weighted by atomic mass is 16.5. The number of ether oxygens (including phenoxy) is 1. The number of H-pyrrole nitrogens is 1. The summed E-state index contributed by atoms with van der Waals surface area (Å²) < 4.78 is 6.45. The Hall–Kier alpha value is -2.62. The van der Waals surface area contributed by atoms with Gasteiger partial charge in [-0.2, -0.15) is 4.57 Å². The number of para-hydroxylation sites is 1. The van der Waals surface area contributed by atoms with Crippen LogP contribution in [0.2, 0.25) is 0 Å². The van der Waals surface area contributed by atoms with Crippen molar-refractivity contribution in [2.45, 2.75) is 6.54 Å². The fraction of sp³-hybridized carbons (Fsp3) is 0.125. The van der Waals surface area contributed by atoms with E-state index in [-0.39, 0.29) is 12.5 Å². The van der Waals surface area contributed by atoms with E-state index < -0.39 is 0 Å².